The minimum absolute atomic E-state index is 0.00130. The van der Waals surface area contributed by atoms with Crippen molar-refractivity contribution >= 4 is 17.4 Å². The van der Waals surface area contributed by atoms with Crippen LogP contribution in [-0.2, 0) is 9.53 Å². The van der Waals surface area contributed by atoms with E-state index in [1.54, 1.807) is 30.7 Å². The van der Waals surface area contributed by atoms with Crippen molar-refractivity contribution in [3.63, 3.8) is 0 Å². The highest BCUT2D eigenvalue weighted by Crippen LogP contribution is 2.20. The molecule has 3 aromatic rings. The minimum atomic E-state index is 0.00130. The maximum absolute atomic E-state index is 12.1. The molecule has 1 saturated heterocycles. The quantitative estimate of drug-likeness (QED) is 0.705. The zero-order valence-corrected chi connectivity index (χ0v) is 16.1. The maximum atomic E-state index is 12.1. The summed E-state index contributed by atoms with van der Waals surface area (Å²) in [7, 11) is 1.53. The van der Waals surface area contributed by atoms with Crippen LogP contribution in [0.1, 0.15) is 18.4 Å². The Morgan fingerprint density at radius 3 is 3.10 bits per heavy atom. The summed E-state index contributed by atoms with van der Waals surface area (Å²) < 4.78 is 6.77. The molecule has 1 atom stereocenters. The number of likely N-dealkylation sites (tertiary alicyclic amines) is 1. The molecule has 0 radical (unpaired) electrons. The highest BCUT2D eigenvalue weighted by atomic mass is 16.5. The Morgan fingerprint density at radius 1 is 1.38 bits per heavy atom. The monoisotopic (exact) mass is 391 g/mol. The third kappa shape index (κ3) is 4.02. The number of methoxy groups -OCH3 is 1. The first-order chi connectivity index (χ1) is 14.2. The Kier molecular flexibility index (Phi) is 5.35. The van der Waals surface area contributed by atoms with Crippen molar-refractivity contribution in [2.75, 3.05) is 32.1 Å². The highest BCUT2D eigenvalue weighted by Gasteiger charge is 2.23. The number of hydrogen-bond acceptors (Lipinski definition) is 7. The number of piperidine rings is 1. The summed E-state index contributed by atoms with van der Waals surface area (Å²) in [6, 6.07) is 7.57. The summed E-state index contributed by atoms with van der Waals surface area (Å²) in [6.45, 7) is 1.46. The van der Waals surface area contributed by atoms with E-state index in [1.807, 2.05) is 15.4 Å². The van der Waals surface area contributed by atoms with E-state index in [1.165, 1.54) is 7.11 Å². The van der Waals surface area contributed by atoms with Crippen molar-refractivity contribution in [1.29, 1.82) is 5.26 Å². The van der Waals surface area contributed by atoms with Crippen LogP contribution in [0.4, 0.5) is 5.82 Å². The molecule has 1 amide bonds. The van der Waals surface area contributed by atoms with Gasteiger partial charge in [-0.15, -0.1) is 0 Å². The van der Waals surface area contributed by atoms with E-state index in [4.69, 9.17) is 10.00 Å². The summed E-state index contributed by atoms with van der Waals surface area (Å²) in [5, 5.41) is 12.6. The van der Waals surface area contributed by atoms with Crippen LogP contribution in [-0.4, -0.2) is 63.0 Å². The fourth-order valence-electron chi connectivity index (χ4n) is 3.52. The van der Waals surface area contributed by atoms with Gasteiger partial charge in [-0.3, -0.25) is 9.20 Å². The summed E-state index contributed by atoms with van der Waals surface area (Å²) in [5.41, 5.74) is 1.97. The van der Waals surface area contributed by atoms with Crippen LogP contribution < -0.4 is 5.32 Å². The zero-order valence-electron chi connectivity index (χ0n) is 16.1. The first kappa shape index (κ1) is 18.8. The van der Waals surface area contributed by atoms with Gasteiger partial charge in [0.05, 0.1) is 11.8 Å². The second-order valence-electron chi connectivity index (χ2n) is 6.92. The van der Waals surface area contributed by atoms with Gasteiger partial charge in [0.25, 0.3) is 0 Å². The molecule has 9 heteroatoms. The average molecular weight is 391 g/mol. The van der Waals surface area contributed by atoms with Crippen molar-refractivity contribution in [2.24, 2.45) is 0 Å². The lowest BCUT2D eigenvalue weighted by atomic mass is 10.1. The number of anilines is 1. The number of nitrogens with one attached hydrogen (secondary N) is 1. The minimum Gasteiger partial charge on any atom is -0.375 e. The summed E-state index contributed by atoms with van der Waals surface area (Å²) in [5.74, 6) is 1.20. The molecule has 1 N–H and O–H groups in total. The number of nitrogens with zero attached hydrogens (tertiary/aromatic N) is 6. The fourth-order valence-corrected chi connectivity index (χ4v) is 3.52. The average Bonchev–Trinajstić information content (AvgIpc) is 3.17. The molecule has 29 heavy (non-hydrogen) atoms. The first-order valence-corrected chi connectivity index (χ1v) is 9.42. The molecule has 148 valence electrons. The van der Waals surface area contributed by atoms with E-state index in [0.717, 1.165) is 25.0 Å². The number of carbonyl (C=O) groups is 1. The lowest BCUT2D eigenvalue weighted by Crippen LogP contribution is -2.46. The number of rotatable bonds is 5. The number of hydrogen-bond donors (Lipinski definition) is 1. The van der Waals surface area contributed by atoms with Crippen LogP contribution in [0.2, 0.25) is 0 Å². The molecule has 0 saturated carbocycles. The van der Waals surface area contributed by atoms with Gasteiger partial charge in [0, 0.05) is 38.6 Å². The summed E-state index contributed by atoms with van der Waals surface area (Å²) in [6.07, 6.45) is 6.99. The van der Waals surface area contributed by atoms with Crippen LogP contribution in [0.5, 0.6) is 0 Å². The Labute approximate surface area is 168 Å². The maximum Gasteiger partial charge on any atom is 0.248 e. The summed E-state index contributed by atoms with van der Waals surface area (Å²) >= 11 is 0. The Morgan fingerprint density at radius 2 is 2.28 bits per heavy atom. The van der Waals surface area contributed by atoms with Gasteiger partial charge in [0.15, 0.2) is 5.82 Å². The molecule has 1 fully saturated rings. The van der Waals surface area contributed by atoms with E-state index >= 15 is 0 Å². The van der Waals surface area contributed by atoms with Gasteiger partial charge >= 0.3 is 0 Å². The van der Waals surface area contributed by atoms with Gasteiger partial charge in [-0.05, 0) is 31.0 Å². The zero-order chi connectivity index (χ0) is 20.2. The Balaban J connectivity index is 1.54. The van der Waals surface area contributed by atoms with Crippen LogP contribution in [0.25, 0.3) is 17.2 Å². The third-order valence-electron chi connectivity index (χ3n) is 4.91. The molecule has 1 aliphatic heterocycles. The number of carbonyl (C=O) groups excluding carboxylic acids is 1. The van der Waals surface area contributed by atoms with E-state index in [-0.39, 0.29) is 18.6 Å². The van der Waals surface area contributed by atoms with Gasteiger partial charge in [0.2, 0.25) is 5.91 Å². The number of amides is 1. The van der Waals surface area contributed by atoms with E-state index in [0.29, 0.717) is 29.4 Å². The lowest BCUT2D eigenvalue weighted by molar-refractivity contribution is -0.136. The number of fused-ring (bicyclic) bond motifs is 1. The Bertz CT molecular complexity index is 1070. The van der Waals surface area contributed by atoms with Crippen molar-refractivity contribution in [3.8, 4) is 17.6 Å². The SMILES string of the molecule is COCC(=O)N1CCC[C@@H](Nc2ccnc(-c3cnc4ccc(C#N)cn34)n2)C1. The molecule has 9 nitrogen and oxygen atoms in total. The molecule has 0 aromatic carbocycles. The molecule has 0 spiro atoms. The van der Waals surface area contributed by atoms with Crippen molar-refractivity contribution in [3.05, 3.63) is 42.4 Å². The van der Waals surface area contributed by atoms with Crippen LogP contribution in [0.15, 0.2) is 36.8 Å². The van der Waals surface area contributed by atoms with Gasteiger partial charge < -0.3 is 15.0 Å². The van der Waals surface area contributed by atoms with Gasteiger partial charge in [-0.25, -0.2) is 15.0 Å². The molecular weight excluding hydrogens is 370 g/mol. The molecule has 0 bridgehead atoms. The number of nitriles is 1. The standard InChI is InChI=1S/C20H21N7O2/c1-29-13-19(28)26-8-2-3-15(12-26)24-17-6-7-22-20(25-17)16-10-23-18-5-4-14(9-21)11-27(16)18/h4-7,10-11,15H,2-3,8,12-13H2,1H3,(H,22,24,25)/t15-/m1/s1. The highest BCUT2D eigenvalue weighted by molar-refractivity contribution is 5.77. The molecule has 4 rings (SSSR count). The number of aromatic nitrogens is 4. The molecule has 3 aromatic heterocycles. The fraction of sp³-hybridized carbons (Fsp3) is 0.350. The van der Waals surface area contributed by atoms with E-state index < -0.39 is 0 Å². The second-order valence-corrected chi connectivity index (χ2v) is 6.92. The molecule has 1 aliphatic rings. The van der Waals surface area contributed by atoms with Crippen molar-refractivity contribution < 1.29 is 9.53 Å². The van der Waals surface area contributed by atoms with Gasteiger partial charge in [-0.2, -0.15) is 5.26 Å². The first-order valence-electron chi connectivity index (χ1n) is 9.42. The van der Waals surface area contributed by atoms with E-state index in [2.05, 4.69) is 26.3 Å². The third-order valence-corrected chi connectivity index (χ3v) is 4.91. The van der Waals surface area contributed by atoms with Crippen LogP contribution in [0.3, 0.4) is 0 Å². The predicted molar refractivity (Wildman–Crippen MR) is 106 cm³/mol. The van der Waals surface area contributed by atoms with Crippen LogP contribution >= 0.6 is 0 Å². The number of ether oxygens (including phenoxy) is 1. The van der Waals surface area contributed by atoms with Crippen molar-refractivity contribution in [2.45, 2.75) is 18.9 Å². The normalized spacial score (nSPS) is 16.6. The molecule has 0 aliphatic carbocycles. The Hall–Kier alpha value is -3.51. The summed E-state index contributed by atoms with van der Waals surface area (Å²) in [4.78, 5) is 27.3. The molecule has 0 unspecified atom stereocenters. The molecular formula is C20H21N7O2. The number of pyridine rings is 1. The number of imidazole rings is 1. The second kappa shape index (κ2) is 8.24. The van der Waals surface area contributed by atoms with Gasteiger partial charge in [0.1, 0.15) is 29.8 Å². The molecule has 4 heterocycles. The topological polar surface area (TPSA) is 108 Å². The van der Waals surface area contributed by atoms with Gasteiger partial charge in [-0.1, -0.05) is 0 Å². The largest absolute Gasteiger partial charge is 0.375 e. The van der Waals surface area contributed by atoms with Crippen LogP contribution in [0, 0.1) is 11.3 Å². The van der Waals surface area contributed by atoms with Crippen molar-refractivity contribution in [1.82, 2.24) is 24.3 Å². The lowest BCUT2D eigenvalue weighted by Gasteiger charge is -2.33. The smallest absolute Gasteiger partial charge is 0.248 e. The van der Waals surface area contributed by atoms with E-state index in [9.17, 15) is 4.79 Å². The predicted octanol–water partition coefficient (Wildman–Crippen LogP) is 1.71.